The van der Waals surface area contributed by atoms with Gasteiger partial charge in [0.2, 0.25) is 0 Å². The van der Waals surface area contributed by atoms with Crippen molar-refractivity contribution in [2.24, 2.45) is 0 Å². The summed E-state index contributed by atoms with van der Waals surface area (Å²) < 4.78 is 38.1. The molecule has 0 bridgehead atoms. The minimum atomic E-state index is -4.33. The second-order valence-corrected chi connectivity index (χ2v) is 4.07. The fourth-order valence-electron chi connectivity index (χ4n) is 1.82. The van der Waals surface area contributed by atoms with E-state index in [0.29, 0.717) is 6.42 Å². The minimum Gasteiger partial charge on any atom is -0.393 e. The summed E-state index contributed by atoms with van der Waals surface area (Å²) in [5, 5.41) is 9.20. The fourth-order valence-corrected chi connectivity index (χ4v) is 1.82. The van der Waals surface area contributed by atoms with Gasteiger partial charge in [-0.3, -0.25) is 0 Å². The predicted octanol–water partition coefficient (Wildman–Crippen LogP) is 3.58. The van der Waals surface area contributed by atoms with Gasteiger partial charge in [0.1, 0.15) is 0 Å². The summed E-state index contributed by atoms with van der Waals surface area (Å²) in [6.45, 7) is 3.27. The van der Waals surface area contributed by atoms with Gasteiger partial charge in [0, 0.05) is 0 Å². The SMILES string of the molecule is CC(O)CC(C)c1ccccc1C(F)(F)F. The zero-order valence-electron chi connectivity index (χ0n) is 9.25. The van der Waals surface area contributed by atoms with E-state index in [2.05, 4.69) is 0 Å². The number of hydrogen-bond acceptors (Lipinski definition) is 1. The molecule has 4 heteroatoms. The Balaban J connectivity index is 3.04. The summed E-state index contributed by atoms with van der Waals surface area (Å²) in [4.78, 5) is 0. The molecule has 0 radical (unpaired) electrons. The second kappa shape index (κ2) is 4.87. The molecule has 0 aliphatic rings. The summed E-state index contributed by atoms with van der Waals surface area (Å²) in [5.74, 6) is -0.308. The van der Waals surface area contributed by atoms with E-state index < -0.39 is 17.8 Å². The van der Waals surface area contributed by atoms with Gasteiger partial charge in [0.25, 0.3) is 0 Å². The van der Waals surface area contributed by atoms with Crippen LogP contribution in [0.2, 0.25) is 0 Å². The highest BCUT2D eigenvalue weighted by molar-refractivity contribution is 5.32. The lowest BCUT2D eigenvalue weighted by molar-refractivity contribution is -0.138. The second-order valence-electron chi connectivity index (χ2n) is 4.07. The third kappa shape index (κ3) is 3.23. The Hall–Kier alpha value is -1.03. The molecular formula is C12H15F3O. The van der Waals surface area contributed by atoms with Gasteiger partial charge in [-0.1, -0.05) is 25.1 Å². The van der Waals surface area contributed by atoms with Crippen molar-refractivity contribution in [3.05, 3.63) is 35.4 Å². The number of rotatable bonds is 3. The first kappa shape index (κ1) is 13.0. The van der Waals surface area contributed by atoms with Gasteiger partial charge in [-0.05, 0) is 30.9 Å². The van der Waals surface area contributed by atoms with Crippen molar-refractivity contribution in [1.29, 1.82) is 0 Å². The molecule has 1 aromatic carbocycles. The highest BCUT2D eigenvalue weighted by Gasteiger charge is 2.34. The minimum absolute atomic E-state index is 0.246. The van der Waals surface area contributed by atoms with Crippen LogP contribution in [0.4, 0.5) is 13.2 Å². The van der Waals surface area contributed by atoms with Crippen molar-refractivity contribution in [2.75, 3.05) is 0 Å². The maximum atomic E-state index is 12.7. The molecule has 0 amide bonds. The van der Waals surface area contributed by atoms with Crippen LogP contribution in [0.25, 0.3) is 0 Å². The standard InChI is InChI=1S/C12H15F3O/c1-8(7-9(2)16)10-5-3-4-6-11(10)12(13,14)15/h3-6,8-9,16H,7H2,1-2H3. The quantitative estimate of drug-likeness (QED) is 0.844. The van der Waals surface area contributed by atoms with E-state index in [1.165, 1.54) is 12.1 Å². The molecule has 16 heavy (non-hydrogen) atoms. The summed E-state index contributed by atoms with van der Waals surface area (Å²) >= 11 is 0. The van der Waals surface area contributed by atoms with Crippen molar-refractivity contribution in [3.8, 4) is 0 Å². The van der Waals surface area contributed by atoms with E-state index in [9.17, 15) is 18.3 Å². The average Bonchev–Trinajstić information content (AvgIpc) is 2.15. The molecule has 1 aromatic rings. The number of aliphatic hydroxyl groups is 1. The van der Waals surface area contributed by atoms with Crippen LogP contribution in [0.1, 0.15) is 37.3 Å². The molecule has 0 aliphatic carbocycles. The number of alkyl halides is 3. The maximum absolute atomic E-state index is 12.7. The zero-order valence-corrected chi connectivity index (χ0v) is 9.25. The first-order chi connectivity index (χ1) is 7.32. The Morgan fingerprint density at radius 1 is 1.19 bits per heavy atom. The molecule has 2 unspecified atom stereocenters. The third-order valence-corrected chi connectivity index (χ3v) is 2.49. The summed E-state index contributed by atoms with van der Waals surface area (Å²) in [7, 11) is 0. The molecule has 2 atom stereocenters. The molecule has 0 heterocycles. The topological polar surface area (TPSA) is 20.2 Å². The van der Waals surface area contributed by atoms with Crippen LogP contribution in [0.5, 0.6) is 0 Å². The largest absolute Gasteiger partial charge is 0.416 e. The van der Waals surface area contributed by atoms with Crippen molar-refractivity contribution >= 4 is 0 Å². The van der Waals surface area contributed by atoms with Crippen LogP contribution < -0.4 is 0 Å². The molecule has 1 rings (SSSR count). The van der Waals surface area contributed by atoms with Crippen molar-refractivity contribution in [2.45, 2.75) is 38.5 Å². The lowest BCUT2D eigenvalue weighted by Crippen LogP contribution is -2.13. The Morgan fingerprint density at radius 2 is 1.75 bits per heavy atom. The normalized spacial score (nSPS) is 15.9. The number of benzene rings is 1. The van der Waals surface area contributed by atoms with E-state index in [1.807, 2.05) is 0 Å². The van der Waals surface area contributed by atoms with Crippen LogP contribution in [-0.2, 0) is 6.18 Å². The monoisotopic (exact) mass is 232 g/mol. The van der Waals surface area contributed by atoms with Crippen LogP contribution in [0, 0.1) is 0 Å². The molecule has 1 nitrogen and oxygen atoms in total. The van der Waals surface area contributed by atoms with Crippen LogP contribution in [0.15, 0.2) is 24.3 Å². The Morgan fingerprint density at radius 3 is 2.25 bits per heavy atom. The van der Waals surface area contributed by atoms with E-state index in [1.54, 1.807) is 19.9 Å². The van der Waals surface area contributed by atoms with Crippen LogP contribution >= 0.6 is 0 Å². The molecule has 0 spiro atoms. The first-order valence-electron chi connectivity index (χ1n) is 5.16. The van der Waals surface area contributed by atoms with Crippen molar-refractivity contribution < 1.29 is 18.3 Å². The predicted molar refractivity (Wildman–Crippen MR) is 56.2 cm³/mol. The first-order valence-corrected chi connectivity index (χ1v) is 5.16. The molecule has 1 N–H and O–H groups in total. The highest BCUT2D eigenvalue weighted by atomic mass is 19.4. The Kier molecular flexibility index (Phi) is 3.97. The summed E-state index contributed by atoms with van der Waals surface area (Å²) in [6, 6.07) is 5.51. The number of aliphatic hydroxyl groups excluding tert-OH is 1. The van der Waals surface area contributed by atoms with Gasteiger partial charge in [-0.25, -0.2) is 0 Å². The van der Waals surface area contributed by atoms with Crippen molar-refractivity contribution in [3.63, 3.8) is 0 Å². The van der Waals surface area contributed by atoms with E-state index in [0.717, 1.165) is 6.07 Å². The third-order valence-electron chi connectivity index (χ3n) is 2.49. The molecule has 0 fully saturated rings. The summed E-state index contributed by atoms with van der Waals surface area (Å²) in [6.07, 6.45) is -4.60. The molecule has 0 saturated heterocycles. The van der Waals surface area contributed by atoms with Gasteiger partial charge in [0.15, 0.2) is 0 Å². The van der Waals surface area contributed by atoms with Gasteiger partial charge < -0.3 is 5.11 Å². The maximum Gasteiger partial charge on any atom is 0.416 e. The van der Waals surface area contributed by atoms with Gasteiger partial charge >= 0.3 is 6.18 Å². The lowest BCUT2D eigenvalue weighted by Gasteiger charge is -2.19. The lowest BCUT2D eigenvalue weighted by atomic mass is 9.91. The van der Waals surface area contributed by atoms with E-state index >= 15 is 0 Å². The molecule has 0 aromatic heterocycles. The fraction of sp³-hybridized carbons (Fsp3) is 0.500. The number of hydrogen-bond donors (Lipinski definition) is 1. The van der Waals surface area contributed by atoms with Crippen LogP contribution in [-0.4, -0.2) is 11.2 Å². The number of halogens is 3. The van der Waals surface area contributed by atoms with Crippen LogP contribution in [0.3, 0.4) is 0 Å². The smallest absolute Gasteiger partial charge is 0.393 e. The van der Waals surface area contributed by atoms with Crippen molar-refractivity contribution in [1.82, 2.24) is 0 Å². The summed E-state index contributed by atoms with van der Waals surface area (Å²) in [5.41, 5.74) is -0.362. The highest BCUT2D eigenvalue weighted by Crippen LogP contribution is 2.36. The zero-order chi connectivity index (χ0) is 12.3. The Labute approximate surface area is 92.9 Å². The molecular weight excluding hydrogens is 217 g/mol. The molecule has 90 valence electrons. The average molecular weight is 232 g/mol. The van der Waals surface area contributed by atoms with Gasteiger partial charge in [-0.15, -0.1) is 0 Å². The van der Waals surface area contributed by atoms with Gasteiger partial charge in [-0.2, -0.15) is 13.2 Å². The Bertz CT molecular complexity index is 344. The molecule has 0 aliphatic heterocycles. The van der Waals surface area contributed by atoms with E-state index in [4.69, 9.17) is 0 Å². The van der Waals surface area contributed by atoms with E-state index in [-0.39, 0.29) is 11.5 Å². The molecule has 0 saturated carbocycles. The van der Waals surface area contributed by atoms with Gasteiger partial charge in [0.05, 0.1) is 11.7 Å².